The second-order valence-electron chi connectivity index (χ2n) is 8.42. The lowest BCUT2D eigenvalue weighted by Crippen LogP contribution is -2.50. The molecule has 0 unspecified atom stereocenters. The molecule has 3 aliphatic carbocycles. The van der Waals surface area contributed by atoms with Crippen LogP contribution in [-0.4, -0.2) is 18.6 Å². The Morgan fingerprint density at radius 3 is 2.19 bits per heavy atom. The molecule has 5 nitrogen and oxygen atoms in total. The van der Waals surface area contributed by atoms with Crippen molar-refractivity contribution in [3.63, 3.8) is 0 Å². The third kappa shape index (κ3) is 1.97. The van der Waals surface area contributed by atoms with Crippen molar-refractivity contribution in [3.8, 4) is 11.5 Å². The molecule has 1 fully saturated rings. The molecule has 2 aliphatic heterocycles. The summed E-state index contributed by atoms with van der Waals surface area (Å²) < 4.78 is 10.1. The zero-order valence-electron chi connectivity index (χ0n) is 16.2. The predicted molar refractivity (Wildman–Crippen MR) is 116 cm³/mol. The number of anilines is 1. The van der Waals surface area contributed by atoms with Crippen LogP contribution in [0.3, 0.4) is 0 Å². The van der Waals surface area contributed by atoms with E-state index in [0.717, 1.165) is 22.3 Å². The smallest absolute Gasteiger partial charge is 0.239 e. The number of hydrogen-bond donors (Lipinski definition) is 0. The molecule has 0 radical (unpaired) electrons. The summed E-state index contributed by atoms with van der Waals surface area (Å²) in [5.74, 6) is -0.283. The zero-order chi connectivity index (χ0) is 20.9. The fourth-order valence-electron chi connectivity index (χ4n) is 5.96. The predicted octanol–water partition coefficient (Wildman–Crippen LogP) is 4.32. The van der Waals surface area contributed by atoms with Gasteiger partial charge >= 0.3 is 0 Å². The van der Waals surface area contributed by atoms with Gasteiger partial charge in [-0.15, -0.1) is 0 Å². The van der Waals surface area contributed by atoms with E-state index in [1.165, 1.54) is 4.90 Å². The number of carbonyl (C=O) groups excluding carboxylic acids is 2. The van der Waals surface area contributed by atoms with Crippen molar-refractivity contribution in [2.45, 2.75) is 10.2 Å². The van der Waals surface area contributed by atoms with E-state index in [2.05, 4.69) is 40.2 Å². The second kappa shape index (κ2) is 5.77. The van der Waals surface area contributed by atoms with Gasteiger partial charge in [0.05, 0.1) is 21.8 Å². The highest BCUT2D eigenvalue weighted by Crippen LogP contribution is 2.66. The average molecular weight is 474 g/mol. The molecule has 2 atom stereocenters. The van der Waals surface area contributed by atoms with Crippen LogP contribution in [-0.2, 0) is 13.9 Å². The first kappa shape index (κ1) is 17.5. The average Bonchev–Trinajstić information content (AvgIpc) is 3.37. The molecule has 3 aromatic rings. The minimum Gasteiger partial charge on any atom is -0.454 e. The van der Waals surface area contributed by atoms with E-state index in [9.17, 15) is 9.59 Å². The number of ether oxygens (including phenoxy) is 2. The van der Waals surface area contributed by atoms with Gasteiger partial charge in [-0.05, 0) is 34.4 Å². The third-order valence-corrected chi connectivity index (χ3v) is 8.48. The van der Waals surface area contributed by atoms with E-state index in [-0.39, 0.29) is 24.5 Å². The molecule has 2 bridgehead atoms. The van der Waals surface area contributed by atoms with E-state index in [1.807, 2.05) is 24.3 Å². The first-order valence-electron chi connectivity index (χ1n) is 10.3. The molecule has 0 spiro atoms. The largest absolute Gasteiger partial charge is 0.454 e. The maximum Gasteiger partial charge on any atom is 0.239 e. The molecule has 0 aromatic heterocycles. The van der Waals surface area contributed by atoms with E-state index in [0.29, 0.717) is 17.2 Å². The molecule has 1 saturated heterocycles. The van der Waals surface area contributed by atoms with E-state index >= 15 is 0 Å². The Bertz CT molecular complexity index is 1270. The standard InChI is InChI=1S/C25H16BrNO4/c26-25-16-7-3-1-5-14(16)20(15-6-2-4-8-17(15)25)21-22(25)24(29)27(23(21)28)13-9-10-18-19(11-13)31-12-30-18/h1-11,20-22H,12H2/t20?,21-,22-,25?/m0/s1. The van der Waals surface area contributed by atoms with Gasteiger partial charge in [0.25, 0.3) is 0 Å². The molecule has 8 rings (SSSR count). The maximum atomic E-state index is 13.9. The molecule has 2 amide bonds. The first-order chi connectivity index (χ1) is 15.1. The SMILES string of the molecule is O=C1[C@@H]2[C@@H](C(=O)N1c1ccc3c(c1)OCO3)C1c3ccccc3C2(Br)c2ccccc21. The third-order valence-electron chi connectivity index (χ3n) is 7.13. The van der Waals surface area contributed by atoms with Gasteiger partial charge in [-0.2, -0.15) is 0 Å². The molecule has 0 saturated carbocycles. The Morgan fingerprint density at radius 2 is 1.48 bits per heavy atom. The van der Waals surface area contributed by atoms with Crippen LogP contribution < -0.4 is 14.4 Å². The van der Waals surface area contributed by atoms with Gasteiger partial charge in [-0.25, -0.2) is 4.90 Å². The molecular weight excluding hydrogens is 458 g/mol. The van der Waals surface area contributed by atoms with Gasteiger partial charge in [0.15, 0.2) is 11.5 Å². The van der Waals surface area contributed by atoms with Crippen molar-refractivity contribution in [1.82, 2.24) is 0 Å². The van der Waals surface area contributed by atoms with Crippen molar-refractivity contribution in [3.05, 3.63) is 89.0 Å². The summed E-state index contributed by atoms with van der Waals surface area (Å²) in [4.78, 5) is 29.0. The molecule has 3 aromatic carbocycles. The van der Waals surface area contributed by atoms with Crippen molar-refractivity contribution >= 4 is 33.4 Å². The Kier molecular flexibility index (Phi) is 3.26. The summed E-state index contributed by atoms with van der Waals surface area (Å²) in [6.07, 6.45) is 0. The number of hydrogen-bond acceptors (Lipinski definition) is 4. The summed E-state index contributed by atoms with van der Waals surface area (Å²) in [5.41, 5.74) is 4.92. The zero-order valence-corrected chi connectivity index (χ0v) is 17.8. The lowest BCUT2D eigenvalue weighted by atomic mass is 9.55. The van der Waals surface area contributed by atoms with Crippen LogP contribution in [0, 0.1) is 11.8 Å². The van der Waals surface area contributed by atoms with Gasteiger partial charge < -0.3 is 9.47 Å². The number of rotatable bonds is 1. The monoisotopic (exact) mass is 473 g/mol. The topological polar surface area (TPSA) is 55.8 Å². The number of imide groups is 1. The minimum atomic E-state index is -0.739. The Hall–Kier alpha value is -3.12. The molecule has 6 heteroatoms. The molecule has 2 heterocycles. The maximum absolute atomic E-state index is 13.9. The number of carbonyl (C=O) groups is 2. The van der Waals surface area contributed by atoms with Crippen molar-refractivity contribution in [2.24, 2.45) is 11.8 Å². The van der Waals surface area contributed by atoms with Crippen LogP contribution >= 0.6 is 15.9 Å². The van der Waals surface area contributed by atoms with Crippen LogP contribution in [0.2, 0.25) is 0 Å². The molecule has 0 N–H and O–H groups in total. The van der Waals surface area contributed by atoms with E-state index < -0.39 is 16.2 Å². The molecule has 5 aliphatic rings. The van der Waals surface area contributed by atoms with Gasteiger partial charge in [-0.3, -0.25) is 9.59 Å². The van der Waals surface area contributed by atoms with E-state index in [1.54, 1.807) is 18.2 Å². The van der Waals surface area contributed by atoms with E-state index in [4.69, 9.17) is 9.47 Å². The highest BCUT2D eigenvalue weighted by Gasteiger charge is 2.67. The quantitative estimate of drug-likeness (QED) is 0.390. The van der Waals surface area contributed by atoms with Crippen LogP contribution in [0.4, 0.5) is 5.69 Å². The second-order valence-corrected chi connectivity index (χ2v) is 9.67. The first-order valence-corrected chi connectivity index (χ1v) is 11.0. The molecule has 152 valence electrons. The number of fused-ring (bicyclic) bond motifs is 1. The Morgan fingerprint density at radius 1 is 0.839 bits per heavy atom. The fraction of sp³-hybridized carbons (Fsp3) is 0.200. The number of amides is 2. The van der Waals surface area contributed by atoms with Crippen LogP contribution in [0.15, 0.2) is 66.7 Å². The van der Waals surface area contributed by atoms with Gasteiger partial charge in [-0.1, -0.05) is 64.5 Å². The summed E-state index contributed by atoms with van der Waals surface area (Å²) in [5, 5.41) is 0. The number of alkyl halides is 1. The van der Waals surface area contributed by atoms with Crippen LogP contribution in [0.5, 0.6) is 11.5 Å². The molecule has 31 heavy (non-hydrogen) atoms. The summed E-state index contributed by atoms with van der Waals surface area (Å²) in [6.45, 7) is 0.142. The van der Waals surface area contributed by atoms with Gasteiger partial charge in [0.2, 0.25) is 18.6 Å². The van der Waals surface area contributed by atoms with Crippen LogP contribution in [0.25, 0.3) is 0 Å². The number of nitrogens with zero attached hydrogens (tertiary/aromatic N) is 1. The normalized spacial score (nSPS) is 29.1. The highest BCUT2D eigenvalue weighted by molar-refractivity contribution is 9.09. The van der Waals surface area contributed by atoms with Crippen molar-refractivity contribution < 1.29 is 19.1 Å². The van der Waals surface area contributed by atoms with Gasteiger partial charge in [0.1, 0.15) is 0 Å². The highest BCUT2D eigenvalue weighted by atomic mass is 79.9. The minimum absolute atomic E-state index is 0.142. The summed E-state index contributed by atoms with van der Waals surface area (Å²) in [7, 11) is 0. The lowest BCUT2D eigenvalue weighted by molar-refractivity contribution is -0.122. The van der Waals surface area contributed by atoms with Crippen molar-refractivity contribution in [1.29, 1.82) is 0 Å². The van der Waals surface area contributed by atoms with Crippen molar-refractivity contribution in [2.75, 3.05) is 11.7 Å². The van der Waals surface area contributed by atoms with Gasteiger partial charge in [0, 0.05) is 12.0 Å². The number of benzene rings is 3. The summed E-state index contributed by atoms with van der Waals surface area (Å²) in [6, 6.07) is 21.5. The Labute approximate surface area is 186 Å². The fourth-order valence-corrected chi connectivity index (χ4v) is 7.16. The Balaban J connectivity index is 1.45. The number of halogens is 1. The lowest BCUT2D eigenvalue weighted by Gasteiger charge is -2.51. The molecular formula is C25H16BrNO4. The van der Waals surface area contributed by atoms with Crippen LogP contribution in [0.1, 0.15) is 28.2 Å². The summed E-state index contributed by atoms with van der Waals surface area (Å²) >= 11 is 4.01.